The normalized spacial score (nSPS) is 11.1. The number of para-hydroxylation sites is 3. The van der Waals surface area contributed by atoms with Crippen LogP contribution in [0.4, 0.5) is 5.69 Å². The summed E-state index contributed by atoms with van der Waals surface area (Å²) in [5, 5.41) is 2.82. The van der Waals surface area contributed by atoms with Crippen molar-refractivity contribution in [3.05, 3.63) is 90.0 Å². The third kappa shape index (κ3) is 6.85. The Morgan fingerprint density at radius 3 is 2.28 bits per heavy atom. The first kappa shape index (κ1) is 23.3. The molecule has 3 rings (SSSR count). The number of benzene rings is 3. The minimum Gasteiger partial charge on any atom is -0.455 e. The number of carbonyl (C=O) groups excluding carboxylic acids is 1. The molecule has 6 nitrogen and oxygen atoms in total. The van der Waals surface area contributed by atoms with Gasteiger partial charge < -0.3 is 10.1 Å². The van der Waals surface area contributed by atoms with Crippen LogP contribution in [-0.4, -0.2) is 33.7 Å². The van der Waals surface area contributed by atoms with Crippen molar-refractivity contribution in [1.82, 2.24) is 5.32 Å². The maximum absolute atomic E-state index is 12.5. The molecule has 7 heteroatoms. The van der Waals surface area contributed by atoms with Crippen molar-refractivity contribution >= 4 is 21.6 Å². The molecule has 0 aliphatic rings. The molecule has 0 bridgehead atoms. The molecule has 0 aliphatic carbocycles. The van der Waals surface area contributed by atoms with Crippen LogP contribution >= 0.6 is 0 Å². The summed E-state index contributed by atoms with van der Waals surface area (Å²) in [6.07, 6.45) is 2.68. The van der Waals surface area contributed by atoms with E-state index in [0.717, 1.165) is 23.4 Å². The summed E-state index contributed by atoms with van der Waals surface area (Å²) < 4.78 is 32.0. The largest absolute Gasteiger partial charge is 0.455 e. The Hall–Kier alpha value is -3.32. The molecule has 0 saturated carbocycles. The van der Waals surface area contributed by atoms with Crippen molar-refractivity contribution in [3.63, 3.8) is 0 Å². The Bertz CT molecular complexity index is 1130. The summed E-state index contributed by atoms with van der Waals surface area (Å²) in [6.45, 7) is 2.19. The Morgan fingerprint density at radius 1 is 0.938 bits per heavy atom. The molecule has 3 aromatic rings. The van der Waals surface area contributed by atoms with E-state index in [1.807, 2.05) is 25.1 Å². The van der Waals surface area contributed by atoms with Gasteiger partial charge in [-0.1, -0.05) is 60.2 Å². The van der Waals surface area contributed by atoms with Crippen LogP contribution in [0.5, 0.6) is 11.5 Å². The molecular weight excluding hydrogens is 424 g/mol. The quantitative estimate of drug-likeness (QED) is 0.465. The highest BCUT2D eigenvalue weighted by molar-refractivity contribution is 7.92. The van der Waals surface area contributed by atoms with E-state index in [1.165, 1.54) is 11.1 Å². The molecular formula is C25H28N2O4S. The number of anilines is 1. The van der Waals surface area contributed by atoms with Gasteiger partial charge in [-0.05, 0) is 49.6 Å². The molecule has 0 saturated heterocycles. The number of amides is 1. The second-order valence-corrected chi connectivity index (χ2v) is 9.50. The number of aryl methyl sites for hydroxylation is 2. The Morgan fingerprint density at radius 2 is 1.59 bits per heavy atom. The molecule has 0 aliphatic heterocycles. The van der Waals surface area contributed by atoms with Gasteiger partial charge in [-0.2, -0.15) is 0 Å². The van der Waals surface area contributed by atoms with Crippen LogP contribution in [0.3, 0.4) is 0 Å². The van der Waals surface area contributed by atoms with E-state index >= 15 is 0 Å². The number of sulfonamides is 1. The summed E-state index contributed by atoms with van der Waals surface area (Å²) >= 11 is 0. The fraction of sp³-hybridized carbons (Fsp3) is 0.240. The van der Waals surface area contributed by atoms with Crippen molar-refractivity contribution in [1.29, 1.82) is 0 Å². The molecule has 0 spiro atoms. The molecule has 1 N–H and O–H groups in total. The molecule has 0 aromatic heterocycles. The minimum absolute atomic E-state index is 0.314. The molecule has 0 fully saturated rings. The number of ether oxygens (including phenoxy) is 1. The number of nitrogens with zero attached hydrogens (tertiary/aromatic N) is 1. The number of hydrogen-bond acceptors (Lipinski definition) is 4. The van der Waals surface area contributed by atoms with Crippen molar-refractivity contribution in [2.24, 2.45) is 0 Å². The summed E-state index contributed by atoms with van der Waals surface area (Å²) in [6, 6.07) is 24.1. The fourth-order valence-electron chi connectivity index (χ4n) is 3.21. The van der Waals surface area contributed by atoms with Crippen molar-refractivity contribution in [2.45, 2.75) is 19.8 Å². The third-order valence-corrected chi connectivity index (χ3v) is 6.00. The van der Waals surface area contributed by atoms with Gasteiger partial charge >= 0.3 is 0 Å². The Kier molecular flexibility index (Phi) is 7.89. The first-order valence-corrected chi connectivity index (χ1v) is 12.3. The maximum Gasteiger partial charge on any atom is 0.240 e. The molecule has 168 valence electrons. The SMILES string of the molecule is Cc1ccc(CCCNC(=O)CN(c2ccccc2Oc2ccccc2)S(C)(=O)=O)cc1. The molecule has 0 unspecified atom stereocenters. The zero-order valence-corrected chi connectivity index (χ0v) is 19.1. The van der Waals surface area contributed by atoms with Gasteiger partial charge in [0.15, 0.2) is 5.75 Å². The predicted octanol–water partition coefficient (Wildman–Crippen LogP) is 4.30. The lowest BCUT2D eigenvalue weighted by Gasteiger charge is -2.24. The average molecular weight is 453 g/mol. The van der Waals surface area contributed by atoms with Gasteiger partial charge in [0.1, 0.15) is 12.3 Å². The second-order valence-electron chi connectivity index (χ2n) is 7.59. The van der Waals surface area contributed by atoms with Crippen LogP contribution in [0.25, 0.3) is 0 Å². The van der Waals surface area contributed by atoms with Gasteiger partial charge in [-0.15, -0.1) is 0 Å². The topological polar surface area (TPSA) is 75.7 Å². The third-order valence-electron chi connectivity index (χ3n) is 4.88. The van der Waals surface area contributed by atoms with E-state index in [0.29, 0.717) is 23.7 Å². The summed E-state index contributed by atoms with van der Waals surface area (Å²) in [7, 11) is -3.71. The summed E-state index contributed by atoms with van der Waals surface area (Å²) in [5.41, 5.74) is 2.72. The van der Waals surface area contributed by atoms with E-state index < -0.39 is 10.0 Å². The number of hydrogen-bond donors (Lipinski definition) is 1. The molecule has 1 amide bonds. The van der Waals surface area contributed by atoms with Gasteiger partial charge in [0.2, 0.25) is 15.9 Å². The van der Waals surface area contributed by atoms with Crippen LogP contribution in [0.1, 0.15) is 17.5 Å². The second kappa shape index (κ2) is 10.8. The minimum atomic E-state index is -3.71. The lowest BCUT2D eigenvalue weighted by molar-refractivity contribution is -0.119. The maximum atomic E-state index is 12.5. The summed E-state index contributed by atoms with van der Waals surface area (Å²) in [4.78, 5) is 12.5. The molecule has 0 heterocycles. The van der Waals surface area contributed by atoms with Crippen LogP contribution in [0, 0.1) is 6.92 Å². The van der Waals surface area contributed by atoms with Gasteiger partial charge in [0.25, 0.3) is 0 Å². The zero-order valence-electron chi connectivity index (χ0n) is 18.3. The number of carbonyl (C=O) groups is 1. The van der Waals surface area contributed by atoms with E-state index in [-0.39, 0.29) is 12.5 Å². The molecule has 3 aromatic carbocycles. The summed E-state index contributed by atoms with van der Waals surface area (Å²) in [5.74, 6) is 0.569. The van der Waals surface area contributed by atoms with Crippen LogP contribution in [-0.2, 0) is 21.2 Å². The predicted molar refractivity (Wildman–Crippen MR) is 128 cm³/mol. The van der Waals surface area contributed by atoms with Crippen molar-refractivity contribution in [3.8, 4) is 11.5 Å². The van der Waals surface area contributed by atoms with Crippen molar-refractivity contribution < 1.29 is 17.9 Å². The zero-order chi connectivity index (χ0) is 23.0. The average Bonchev–Trinajstić information content (AvgIpc) is 2.77. The smallest absolute Gasteiger partial charge is 0.240 e. The number of nitrogens with one attached hydrogen (secondary N) is 1. The Balaban J connectivity index is 1.64. The lowest BCUT2D eigenvalue weighted by Crippen LogP contribution is -2.40. The molecule has 0 radical (unpaired) electrons. The molecule has 0 atom stereocenters. The first-order valence-electron chi connectivity index (χ1n) is 10.4. The Labute approximate surface area is 189 Å². The fourth-order valence-corrected chi connectivity index (χ4v) is 4.07. The first-order chi connectivity index (χ1) is 15.3. The van der Waals surface area contributed by atoms with Crippen LogP contribution in [0.2, 0.25) is 0 Å². The van der Waals surface area contributed by atoms with E-state index in [9.17, 15) is 13.2 Å². The van der Waals surface area contributed by atoms with Crippen molar-refractivity contribution in [2.75, 3.05) is 23.7 Å². The molecule has 32 heavy (non-hydrogen) atoms. The number of rotatable bonds is 10. The van der Waals surface area contributed by atoms with Gasteiger partial charge in [0.05, 0.1) is 11.9 Å². The highest BCUT2D eigenvalue weighted by Gasteiger charge is 2.24. The van der Waals surface area contributed by atoms with Crippen LogP contribution in [0.15, 0.2) is 78.9 Å². The standard InChI is InChI=1S/C25H28N2O4S/c1-20-14-16-21(17-15-20)9-8-18-26-25(28)19-27(32(2,29)30)23-12-6-7-13-24(23)31-22-10-4-3-5-11-22/h3-7,10-17H,8-9,18-19H2,1-2H3,(H,26,28). The van der Waals surface area contributed by atoms with Gasteiger partial charge in [-0.3, -0.25) is 9.10 Å². The van der Waals surface area contributed by atoms with E-state index in [2.05, 4.69) is 29.6 Å². The highest BCUT2D eigenvalue weighted by Crippen LogP contribution is 2.33. The highest BCUT2D eigenvalue weighted by atomic mass is 32.2. The monoisotopic (exact) mass is 452 g/mol. The van der Waals surface area contributed by atoms with E-state index in [4.69, 9.17) is 4.74 Å². The van der Waals surface area contributed by atoms with Gasteiger partial charge in [0, 0.05) is 6.54 Å². The van der Waals surface area contributed by atoms with Crippen LogP contribution < -0.4 is 14.4 Å². The van der Waals surface area contributed by atoms with Gasteiger partial charge in [-0.25, -0.2) is 8.42 Å². The lowest BCUT2D eigenvalue weighted by atomic mass is 10.1. The van der Waals surface area contributed by atoms with E-state index in [1.54, 1.807) is 36.4 Å².